The topological polar surface area (TPSA) is 89.8 Å². The Morgan fingerprint density at radius 2 is 2.10 bits per heavy atom. The van der Waals surface area contributed by atoms with Gasteiger partial charge >= 0.3 is 5.97 Å². The predicted molar refractivity (Wildman–Crippen MR) is 68.4 cm³/mol. The van der Waals surface area contributed by atoms with Crippen LogP contribution < -0.4 is 0 Å². The molecule has 7 heteroatoms. The van der Waals surface area contributed by atoms with E-state index in [0.717, 1.165) is 5.56 Å². The van der Waals surface area contributed by atoms with Crippen LogP contribution in [-0.4, -0.2) is 27.9 Å². The lowest BCUT2D eigenvalue weighted by Gasteiger charge is -2.24. The summed E-state index contributed by atoms with van der Waals surface area (Å²) in [6, 6.07) is 5.95. The Morgan fingerprint density at radius 1 is 1.45 bits per heavy atom. The highest BCUT2D eigenvalue weighted by molar-refractivity contribution is 5.79. The Balaban J connectivity index is 2.08. The maximum Gasteiger partial charge on any atom is 0.304 e. The number of carbonyl (C=O) groups excluding carboxylic acids is 2. The van der Waals surface area contributed by atoms with Gasteiger partial charge in [0.05, 0.1) is 4.92 Å². The van der Waals surface area contributed by atoms with E-state index in [4.69, 9.17) is 4.74 Å². The van der Waals surface area contributed by atoms with Crippen molar-refractivity contribution < 1.29 is 19.2 Å². The van der Waals surface area contributed by atoms with Gasteiger partial charge in [-0.25, -0.2) is 0 Å². The van der Waals surface area contributed by atoms with Crippen molar-refractivity contribution in [1.82, 2.24) is 4.90 Å². The van der Waals surface area contributed by atoms with Crippen molar-refractivity contribution >= 4 is 17.6 Å². The molecule has 0 N–H and O–H groups in total. The lowest BCUT2D eigenvalue weighted by atomic mass is 10.2. The number of nitro benzene ring substituents is 1. The normalized spacial score (nSPS) is 18.1. The lowest BCUT2D eigenvalue weighted by molar-refractivity contribution is -0.384. The third kappa shape index (κ3) is 3.11. The van der Waals surface area contributed by atoms with Crippen molar-refractivity contribution in [3.8, 4) is 0 Å². The first-order valence-corrected chi connectivity index (χ1v) is 6.17. The summed E-state index contributed by atoms with van der Waals surface area (Å²) in [6.45, 7) is 1.57. The molecular weight excluding hydrogens is 264 g/mol. The maximum atomic E-state index is 11.8. The summed E-state index contributed by atoms with van der Waals surface area (Å²) in [6.07, 6.45) is 0.270. The van der Waals surface area contributed by atoms with Gasteiger partial charge in [0, 0.05) is 38.4 Å². The molecule has 0 spiro atoms. The summed E-state index contributed by atoms with van der Waals surface area (Å²) in [7, 11) is 0. The molecule has 106 valence electrons. The molecule has 0 bridgehead atoms. The van der Waals surface area contributed by atoms with Crippen molar-refractivity contribution in [1.29, 1.82) is 0 Å². The zero-order chi connectivity index (χ0) is 14.7. The lowest BCUT2D eigenvalue weighted by Crippen LogP contribution is -2.35. The number of hydrogen-bond donors (Lipinski definition) is 0. The monoisotopic (exact) mass is 278 g/mol. The summed E-state index contributed by atoms with van der Waals surface area (Å²) in [4.78, 5) is 34.3. The van der Waals surface area contributed by atoms with Gasteiger partial charge in [-0.3, -0.25) is 19.7 Å². The second-order valence-electron chi connectivity index (χ2n) is 4.55. The fraction of sp³-hybridized carbons (Fsp3) is 0.385. The fourth-order valence-electron chi connectivity index (χ4n) is 2.13. The van der Waals surface area contributed by atoms with E-state index in [1.54, 1.807) is 12.1 Å². The van der Waals surface area contributed by atoms with Crippen LogP contribution in [0.5, 0.6) is 0 Å². The first-order chi connectivity index (χ1) is 9.47. The number of amides is 1. The van der Waals surface area contributed by atoms with Gasteiger partial charge in [-0.1, -0.05) is 12.1 Å². The van der Waals surface area contributed by atoms with Gasteiger partial charge < -0.3 is 9.64 Å². The van der Waals surface area contributed by atoms with E-state index in [0.29, 0.717) is 12.8 Å². The van der Waals surface area contributed by atoms with Crippen molar-refractivity contribution in [3.05, 3.63) is 39.9 Å². The molecule has 1 aromatic carbocycles. The summed E-state index contributed by atoms with van der Waals surface area (Å²) in [5.41, 5.74) is 0.751. The summed E-state index contributed by atoms with van der Waals surface area (Å²) in [5.74, 6) is -0.520. The molecule has 1 unspecified atom stereocenters. The number of carbonyl (C=O) groups is 2. The molecule has 0 aliphatic carbocycles. The van der Waals surface area contributed by atoms with Crippen molar-refractivity contribution in [2.45, 2.75) is 32.5 Å². The number of benzene rings is 1. The summed E-state index contributed by atoms with van der Waals surface area (Å²) < 4.78 is 5.09. The zero-order valence-electron chi connectivity index (χ0n) is 10.9. The number of nitro groups is 1. The number of non-ortho nitro benzene ring substituents is 1. The third-order valence-electron chi connectivity index (χ3n) is 3.08. The van der Waals surface area contributed by atoms with E-state index in [2.05, 4.69) is 0 Å². The van der Waals surface area contributed by atoms with Crippen LogP contribution in [0, 0.1) is 10.1 Å². The van der Waals surface area contributed by atoms with Crippen LogP contribution in [0.3, 0.4) is 0 Å². The molecule has 0 aromatic heterocycles. The average molecular weight is 278 g/mol. The van der Waals surface area contributed by atoms with Crippen LogP contribution in [0.15, 0.2) is 24.3 Å². The Hall–Kier alpha value is -2.44. The molecule has 1 aromatic rings. The first-order valence-electron chi connectivity index (χ1n) is 6.17. The number of rotatable bonds is 4. The van der Waals surface area contributed by atoms with Crippen LogP contribution in [0.2, 0.25) is 0 Å². The van der Waals surface area contributed by atoms with Crippen LogP contribution in [0.4, 0.5) is 5.69 Å². The summed E-state index contributed by atoms with van der Waals surface area (Å²) >= 11 is 0. The van der Waals surface area contributed by atoms with Crippen LogP contribution >= 0.6 is 0 Å². The predicted octanol–water partition coefficient (Wildman–Crippen LogP) is 1.61. The molecule has 0 radical (unpaired) electrons. The van der Waals surface area contributed by atoms with Gasteiger partial charge in [0.25, 0.3) is 5.69 Å². The second-order valence-corrected chi connectivity index (χ2v) is 4.55. The largest absolute Gasteiger partial charge is 0.442 e. The number of esters is 1. The smallest absolute Gasteiger partial charge is 0.304 e. The molecule has 1 fully saturated rings. The molecule has 7 nitrogen and oxygen atoms in total. The minimum absolute atomic E-state index is 0.00182. The van der Waals surface area contributed by atoms with Gasteiger partial charge in [-0.15, -0.1) is 0 Å². The zero-order valence-corrected chi connectivity index (χ0v) is 10.9. The Bertz CT molecular complexity index is 540. The molecule has 2 rings (SSSR count). The molecule has 1 amide bonds. The van der Waals surface area contributed by atoms with Crippen molar-refractivity contribution in [3.63, 3.8) is 0 Å². The minimum atomic E-state index is -0.546. The highest BCUT2D eigenvalue weighted by Gasteiger charge is 2.33. The van der Waals surface area contributed by atoms with Gasteiger partial charge in [-0.2, -0.15) is 0 Å². The van der Waals surface area contributed by atoms with Crippen molar-refractivity contribution in [2.75, 3.05) is 0 Å². The van der Waals surface area contributed by atoms with Crippen LogP contribution in [0.25, 0.3) is 0 Å². The fourth-order valence-corrected chi connectivity index (χ4v) is 2.13. The molecule has 1 saturated heterocycles. The number of ether oxygens (including phenoxy) is 1. The van der Waals surface area contributed by atoms with E-state index in [9.17, 15) is 19.7 Å². The highest BCUT2D eigenvalue weighted by atomic mass is 16.6. The number of nitrogens with zero attached hydrogens (tertiary/aromatic N) is 2. The van der Waals surface area contributed by atoms with Crippen LogP contribution in [0.1, 0.15) is 25.3 Å². The molecule has 1 aliphatic heterocycles. The highest BCUT2D eigenvalue weighted by Crippen LogP contribution is 2.23. The Morgan fingerprint density at radius 3 is 2.65 bits per heavy atom. The Kier molecular flexibility index (Phi) is 3.97. The van der Waals surface area contributed by atoms with E-state index >= 15 is 0 Å². The van der Waals surface area contributed by atoms with E-state index in [1.165, 1.54) is 24.0 Å². The molecule has 1 atom stereocenters. The molecular formula is C13H14N2O5. The van der Waals surface area contributed by atoms with E-state index in [-0.39, 0.29) is 18.1 Å². The quantitative estimate of drug-likeness (QED) is 0.474. The van der Waals surface area contributed by atoms with Gasteiger partial charge in [0.1, 0.15) is 0 Å². The molecule has 0 saturated carbocycles. The van der Waals surface area contributed by atoms with Gasteiger partial charge in [0.15, 0.2) is 6.23 Å². The average Bonchev–Trinajstić information content (AvgIpc) is 2.71. The molecule has 1 heterocycles. The first kappa shape index (κ1) is 14.0. The minimum Gasteiger partial charge on any atom is -0.442 e. The Labute approximate surface area is 115 Å². The molecule has 1 aliphatic rings. The van der Waals surface area contributed by atoms with Gasteiger partial charge in [-0.05, 0) is 5.56 Å². The SMILES string of the molecule is CC(=O)OC1CCC(=O)N1Cc1ccc([N+](=O)[O-])cc1. The third-order valence-corrected chi connectivity index (χ3v) is 3.08. The maximum absolute atomic E-state index is 11.8. The van der Waals surface area contributed by atoms with Crippen LogP contribution in [-0.2, 0) is 20.9 Å². The second kappa shape index (κ2) is 5.68. The van der Waals surface area contributed by atoms with Gasteiger partial charge in [0.2, 0.25) is 5.91 Å². The number of hydrogen-bond acceptors (Lipinski definition) is 5. The van der Waals surface area contributed by atoms with E-state index in [1.807, 2.05) is 0 Å². The number of likely N-dealkylation sites (tertiary alicyclic amines) is 1. The summed E-state index contributed by atoms with van der Waals surface area (Å²) in [5, 5.41) is 10.6. The van der Waals surface area contributed by atoms with E-state index < -0.39 is 17.1 Å². The van der Waals surface area contributed by atoms with Crippen molar-refractivity contribution in [2.24, 2.45) is 0 Å². The standard InChI is InChI=1S/C13H14N2O5/c1-9(16)20-13-7-6-12(17)14(13)8-10-2-4-11(5-3-10)15(18)19/h2-5,13H,6-8H2,1H3. The molecule has 20 heavy (non-hydrogen) atoms.